The number of hydrogen-bond donors (Lipinski definition) is 1. The SMILES string of the molecule is COc1cncc(-c2nsc(=O)[nH]2)c1. The quantitative estimate of drug-likeness (QED) is 0.798. The number of nitrogens with one attached hydrogen (secondary N) is 1. The highest BCUT2D eigenvalue weighted by atomic mass is 32.1. The molecule has 0 saturated heterocycles. The van der Waals surface area contributed by atoms with E-state index in [9.17, 15) is 4.79 Å². The van der Waals surface area contributed by atoms with Crippen LogP contribution in [-0.4, -0.2) is 21.5 Å². The van der Waals surface area contributed by atoms with Gasteiger partial charge in [0.1, 0.15) is 5.75 Å². The van der Waals surface area contributed by atoms with Gasteiger partial charge in [-0.25, -0.2) is 0 Å². The largest absolute Gasteiger partial charge is 0.495 e. The average Bonchev–Trinajstić information content (AvgIpc) is 2.65. The van der Waals surface area contributed by atoms with Crippen LogP contribution in [0.2, 0.25) is 0 Å². The number of rotatable bonds is 2. The summed E-state index contributed by atoms with van der Waals surface area (Å²) < 4.78 is 8.94. The zero-order valence-corrected chi connectivity index (χ0v) is 8.17. The van der Waals surface area contributed by atoms with Gasteiger partial charge in [0.2, 0.25) is 0 Å². The molecule has 0 aliphatic carbocycles. The van der Waals surface area contributed by atoms with Gasteiger partial charge in [0.15, 0.2) is 5.82 Å². The van der Waals surface area contributed by atoms with Crippen LogP contribution >= 0.6 is 11.5 Å². The fraction of sp³-hybridized carbons (Fsp3) is 0.125. The lowest BCUT2D eigenvalue weighted by Gasteiger charge is -1.99. The second-order valence-electron chi connectivity index (χ2n) is 2.56. The number of hydrogen-bond acceptors (Lipinski definition) is 5. The van der Waals surface area contributed by atoms with Crippen molar-refractivity contribution >= 4 is 11.5 Å². The topological polar surface area (TPSA) is 67.9 Å². The Labute approximate surface area is 83.6 Å². The molecule has 2 aromatic rings. The van der Waals surface area contributed by atoms with Crippen molar-refractivity contribution in [3.63, 3.8) is 0 Å². The lowest BCUT2D eigenvalue weighted by molar-refractivity contribution is 0.413. The van der Waals surface area contributed by atoms with Crippen molar-refractivity contribution in [2.24, 2.45) is 0 Å². The van der Waals surface area contributed by atoms with Crippen LogP contribution in [0, 0.1) is 0 Å². The minimum absolute atomic E-state index is 0.178. The van der Waals surface area contributed by atoms with Crippen molar-refractivity contribution in [2.45, 2.75) is 0 Å². The summed E-state index contributed by atoms with van der Waals surface area (Å²) in [4.78, 5) is 17.2. The van der Waals surface area contributed by atoms with E-state index in [0.717, 1.165) is 17.1 Å². The summed E-state index contributed by atoms with van der Waals surface area (Å²) in [6.07, 6.45) is 3.21. The third kappa shape index (κ3) is 1.64. The summed E-state index contributed by atoms with van der Waals surface area (Å²) in [7, 11) is 1.56. The maximum Gasteiger partial charge on any atom is 0.323 e. The maximum atomic E-state index is 10.9. The highest BCUT2D eigenvalue weighted by molar-refractivity contribution is 7.03. The number of aromatic amines is 1. The predicted octanol–water partition coefficient (Wildman–Crippen LogP) is 0.902. The Morgan fingerprint density at radius 2 is 2.36 bits per heavy atom. The third-order valence-corrected chi connectivity index (χ3v) is 2.20. The number of aromatic nitrogens is 3. The molecule has 0 saturated carbocycles. The van der Waals surface area contributed by atoms with Crippen molar-refractivity contribution in [2.75, 3.05) is 7.11 Å². The van der Waals surface area contributed by atoms with E-state index in [1.54, 1.807) is 25.6 Å². The fourth-order valence-corrected chi connectivity index (χ4v) is 1.48. The van der Waals surface area contributed by atoms with Gasteiger partial charge in [0.05, 0.1) is 13.3 Å². The summed E-state index contributed by atoms with van der Waals surface area (Å²) in [6.45, 7) is 0. The molecule has 72 valence electrons. The van der Waals surface area contributed by atoms with E-state index in [1.165, 1.54) is 0 Å². The minimum Gasteiger partial charge on any atom is -0.495 e. The zero-order valence-electron chi connectivity index (χ0n) is 7.35. The predicted molar refractivity (Wildman–Crippen MR) is 52.5 cm³/mol. The summed E-state index contributed by atoms with van der Waals surface area (Å²) in [5.41, 5.74) is 0.739. The van der Waals surface area contributed by atoms with Crippen LogP contribution in [0.4, 0.5) is 0 Å². The van der Waals surface area contributed by atoms with Gasteiger partial charge in [0.25, 0.3) is 0 Å². The molecule has 0 atom stereocenters. The molecular weight excluding hydrogens is 202 g/mol. The Hall–Kier alpha value is -1.69. The molecule has 0 aliphatic heterocycles. The van der Waals surface area contributed by atoms with E-state index in [0.29, 0.717) is 11.6 Å². The molecule has 6 heteroatoms. The molecule has 2 rings (SSSR count). The molecule has 2 heterocycles. The van der Waals surface area contributed by atoms with E-state index in [1.807, 2.05) is 0 Å². The molecule has 0 aliphatic rings. The fourth-order valence-electron chi connectivity index (χ4n) is 1.01. The normalized spacial score (nSPS) is 10.1. The molecule has 2 aromatic heterocycles. The molecule has 5 nitrogen and oxygen atoms in total. The lowest BCUT2D eigenvalue weighted by Crippen LogP contribution is -1.93. The molecule has 1 N–H and O–H groups in total. The van der Waals surface area contributed by atoms with Crippen LogP contribution in [-0.2, 0) is 0 Å². The van der Waals surface area contributed by atoms with Crippen LogP contribution in [0.5, 0.6) is 5.75 Å². The van der Waals surface area contributed by atoms with E-state index in [2.05, 4.69) is 14.3 Å². The van der Waals surface area contributed by atoms with Crippen LogP contribution in [0.1, 0.15) is 0 Å². The van der Waals surface area contributed by atoms with Gasteiger partial charge < -0.3 is 4.74 Å². The first kappa shape index (κ1) is 8.89. The second kappa shape index (κ2) is 3.59. The Kier molecular flexibility index (Phi) is 2.28. The Morgan fingerprint density at radius 3 is 3.00 bits per heavy atom. The third-order valence-electron chi connectivity index (χ3n) is 1.66. The molecule has 14 heavy (non-hydrogen) atoms. The standard InChI is InChI=1S/C8H7N3O2S/c1-13-6-2-5(3-9-4-6)7-10-8(12)14-11-7/h2-4H,1H3,(H,10,11,12). The van der Waals surface area contributed by atoms with Gasteiger partial charge in [-0.05, 0) is 6.07 Å². The Balaban J connectivity index is 2.46. The first-order chi connectivity index (χ1) is 6.79. The number of H-pyrrole nitrogens is 1. The number of nitrogens with zero attached hydrogens (tertiary/aromatic N) is 2. The maximum absolute atomic E-state index is 10.9. The molecule has 0 spiro atoms. The monoisotopic (exact) mass is 209 g/mol. The second-order valence-corrected chi connectivity index (χ2v) is 3.29. The lowest BCUT2D eigenvalue weighted by atomic mass is 10.2. The number of ether oxygens (including phenoxy) is 1. The molecule has 0 bridgehead atoms. The van der Waals surface area contributed by atoms with E-state index >= 15 is 0 Å². The van der Waals surface area contributed by atoms with E-state index < -0.39 is 0 Å². The van der Waals surface area contributed by atoms with E-state index in [4.69, 9.17) is 4.74 Å². The number of methoxy groups -OCH3 is 1. The summed E-state index contributed by atoms with van der Waals surface area (Å²) in [5.74, 6) is 1.16. The zero-order chi connectivity index (χ0) is 9.97. The van der Waals surface area contributed by atoms with Crippen molar-refractivity contribution in [1.29, 1.82) is 0 Å². The highest BCUT2D eigenvalue weighted by Gasteiger charge is 2.03. The highest BCUT2D eigenvalue weighted by Crippen LogP contribution is 2.18. The van der Waals surface area contributed by atoms with Gasteiger partial charge in [-0.2, -0.15) is 4.37 Å². The Morgan fingerprint density at radius 1 is 1.50 bits per heavy atom. The number of pyridine rings is 1. The van der Waals surface area contributed by atoms with Crippen molar-refractivity contribution in [3.8, 4) is 17.1 Å². The summed E-state index contributed by atoms with van der Waals surface area (Å²) in [5, 5.41) is 0. The summed E-state index contributed by atoms with van der Waals surface area (Å²) >= 11 is 0.883. The molecule has 0 aromatic carbocycles. The van der Waals surface area contributed by atoms with Gasteiger partial charge in [-0.15, -0.1) is 0 Å². The van der Waals surface area contributed by atoms with Gasteiger partial charge in [-0.1, -0.05) is 0 Å². The smallest absolute Gasteiger partial charge is 0.323 e. The average molecular weight is 209 g/mol. The van der Waals surface area contributed by atoms with Crippen LogP contribution in [0.3, 0.4) is 0 Å². The molecule has 0 unspecified atom stereocenters. The molecular formula is C8H7N3O2S. The van der Waals surface area contributed by atoms with Crippen molar-refractivity contribution in [3.05, 3.63) is 28.1 Å². The Bertz CT molecular complexity index is 491. The van der Waals surface area contributed by atoms with Crippen LogP contribution in [0.25, 0.3) is 11.4 Å². The van der Waals surface area contributed by atoms with Crippen molar-refractivity contribution in [1.82, 2.24) is 14.3 Å². The van der Waals surface area contributed by atoms with Crippen LogP contribution < -0.4 is 9.61 Å². The van der Waals surface area contributed by atoms with Crippen molar-refractivity contribution < 1.29 is 4.74 Å². The first-order valence-corrected chi connectivity index (χ1v) is 4.62. The summed E-state index contributed by atoms with van der Waals surface area (Å²) in [6, 6.07) is 1.76. The molecule has 0 fully saturated rings. The van der Waals surface area contributed by atoms with Gasteiger partial charge >= 0.3 is 4.87 Å². The first-order valence-electron chi connectivity index (χ1n) is 3.85. The van der Waals surface area contributed by atoms with Crippen LogP contribution in [0.15, 0.2) is 23.3 Å². The minimum atomic E-state index is -0.178. The molecule has 0 radical (unpaired) electrons. The van der Waals surface area contributed by atoms with E-state index in [-0.39, 0.29) is 4.87 Å². The molecule has 0 amide bonds. The van der Waals surface area contributed by atoms with Gasteiger partial charge in [0, 0.05) is 23.3 Å². The van der Waals surface area contributed by atoms with Gasteiger partial charge in [-0.3, -0.25) is 14.8 Å².